The van der Waals surface area contributed by atoms with Gasteiger partial charge in [-0.05, 0) is 36.2 Å². The van der Waals surface area contributed by atoms with Crippen LogP contribution >= 0.6 is 0 Å². The summed E-state index contributed by atoms with van der Waals surface area (Å²) < 4.78 is 5.79. The van der Waals surface area contributed by atoms with Crippen LogP contribution in [0.15, 0.2) is 84.9 Å². The van der Waals surface area contributed by atoms with E-state index in [4.69, 9.17) is 4.74 Å². The van der Waals surface area contributed by atoms with Crippen LogP contribution in [0.2, 0.25) is 0 Å². The van der Waals surface area contributed by atoms with Crippen molar-refractivity contribution in [3.05, 3.63) is 102 Å². The van der Waals surface area contributed by atoms with Crippen LogP contribution in [0, 0.1) is 0 Å². The number of hydrogen-bond acceptors (Lipinski definition) is 2. The molecule has 0 aliphatic rings. The monoisotopic (exact) mass is 331 g/mol. The highest BCUT2D eigenvalue weighted by molar-refractivity contribution is 5.94. The van der Waals surface area contributed by atoms with Crippen LogP contribution < -0.4 is 10.1 Å². The zero-order valence-electron chi connectivity index (χ0n) is 14.2. The van der Waals surface area contributed by atoms with Crippen molar-refractivity contribution in [2.24, 2.45) is 0 Å². The number of carbonyl (C=O) groups excluding carboxylic acids is 1. The van der Waals surface area contributed by atoms with Crippen LogP contribution in [0.4, 0.5) is 0 Å². The normalized spacial score (nSPS) is 11.6. The number of hydrogen-bond donors (Lipinski definition) is 1. The van der Waals surface area contributed by atoms with E-state index in [-0.39, 0.29) is 11.9 Å². The molecule has 0 unspecified atom stereocenters. The van der Waals surface area contributed by atoms with E-state index >= 15 is 0 Å². The molecule has 1 amide bonds. The van der Waals surface area contributed by atoms with Gasteiger partial charge in [0.15, 0.2) is 0 Å². The zero-order valence-corrected chi connectivity index (χ0v) is 14.2. The second-order valence-electron chi connectivity index (χ2n) is 5.91. The SMILES string of the molecule is C[C@@H](NC(=O)c1cccc(OCc2ccccc2)c1)c1ccccc1. The van der Waals surface area contributed by atoms with Gasteiger partial charge in [-0.2, -0.15) is 0 Å². The quantitative estimate of drug-likeness (QED) is 0.707. The van der Waals surface area contributed by atoms with Gasteiger partial charge < -0.3 is 10.1 Å². The first-order chi connectivity index (χ1) is 12.2. The minimum Gasteiger partial charge on any atom is -0.489 e. The van der Waals surface area contributed by atoms with Crippen LogP contribution in [0.1, 0.15) is 34.5 Å². The number of amides is 1. The molecule has 3 aromatic rings. The number of nitrogens with one attached hydrogen (secondary N) is 1. The van der Waals surface area contributed by atoms with E-state index in [0.717, 1.165) is 11.1 Å². The molecule has 3 aromatic carbocycles. The van der Waals surface area contributed by atoms with Gasteiger partial charge in [0.05, 0.1) is 6.04 Å². The molecule has 0 bridgehead atoms. The molecule has 0 saturated heterocycles. The lowest BCUT2D eigenvalue weighted by Gasteiger charge is -2.15. The van der Waals surface area contributed by atoms with E-state index in [1.165, 1.54) is 0 Å². The van der Waals surface area contributed by atoms with E-state index in [1.54, 1.807) is 12.1 Å². The molecule has 25 heavy (non-hydrogen) atoms. The lowest BCUT2D eigenvalue weighted by Crippen LogP contribution is -2.26. The highest BCUT2D eigenvalue weighted by atomic mass is 16.5. The topological polar surface area (TPSA) is 38.3 Å². The number of ether oxygens (including phenoxy) is 1. The molecule has 0 heterocycles. The molecular weight excluding hydrogens is 310 g/mol. The first-order valence-electron chi connectivity index (χ1n) is 8.35. The van der Waals surface area contributed by atoms with Gasteiger partial charge in [0, 0.05) is 5.56 Å². The largest absolute Gasteiger partial charge is 0.489 e. The van der Waals surface area contributed by atoms with Crippen molar-refractivity contribution in [3.63, 3.8) is 0 Å². The summed E-state index contributed by atoms with van der Waals surface area (Å²) in [5, 5.41) is 3.02. The average molecular weight is 331 g/mol. The minimum absolute atomic E-state index is 0.0532. The Labute approximate surface area is 148 Å². The van der Waals surface area contributed by atoms with Gasteiger partial charge in [-0.25, -0.2) is 0 Å². The Bertz CT molecular complexity index is 816. The first-order valence-corrected chi connectivity index (χ1v) is 8.35. The molecule has 1 N–H and O–H groups in total. The lowest BCUT2D eigenvalue weighted by atomic mass is 10.1. The summed E-state index contributed by atoms with van der Waals surface area (Å²) in [6.07, 6.45) is 0. The maximum Gasteiger partial charge on any atom is 0.251 e. The summed E-state index contributed by atoms with van der Waals surface area (Å²) in [6.45, 7) is 2.45. The summed E-state index contributed by atoms with van der Waals surface area (Å²) in [4.78, 5) is 12.5. The first kappa shape index (κ1) is 16.8. The Hall–Kier alpha value is -3.07. The lowest BCUT2D eigenvalue weighted by molar-refractivity contribution is 0.0939. The third-order valence-corrected chi connectivity index (χ3v) is 3.99. The molecule has 1 atom stereocenters. The summed E-state index contributed by atoms with van der Waals surface area (Å²) in [5.41, 5.74) is 2.76. The fraction of sp³-hybridized carbons (Fsp3) is 0.136. The van der Waals surface area contributed by atoms with Crippen molar-refractivity contribution < 1.29 is 9.53 Å². The molecule has 3 rings (SSSR count). The Kier molecular flexibility index (Phi) is 5.47. The van der Waals surface area contributed by atoms with Gasteiger partial charge in [-0.3, -0.25) is 4.79 Å². The van der Waals surface area contributed by atoms with Crippen molar-refractivity contribution in [1.29, 1.82) is 0 Å². The fourth-order valence-electron chi connectivity index (χ4n) is 2.57. The van der Waals surface area contributed by atoms with Gasteiger partial charge in [0.2, 0.25) is 0 Å². The highest BCUT2D eigenvalue weighted by Gasteiger charge is 2.11. The summed E-state index contributed by atoms with van der Waals surface area (Å²) >= 11 is 0. The van der Waals surface area contributed by atoms with E-state index in [0.29, 0.717) is 17.9 Å². The smallest absolute Gasteiger partial charge is 0.251 e. The molecular formula is C22H21NO2. The average Bonchev–Trinajstić information content (AvgIpc) is 2.68. The molecule has 3 nitrogen and oxygen atoms in total. The van der Waals surface area contributed by atoms with Gasteiger partial charge in [-0.15, -0.1) is 0 Å². The van der Waals surface area contributed by atoms with Crippen LogP contribution in [-0.4, -0.2) is 5.91 Å². The molecule has 0 aromatic heterocycles. The van der Waals surface area contributed by atoms with E-state index in [9.17, 15) is 4.79 Å². The molecule has 0 aliphatic carbocycles. The van der Waals surface area contributed by atoms with Crippen molar-refractivity contribution in [3.8, 4) is 5.75 Å². The maximum atomic E-state index is 12.5. The second-order valence-corrected chi connectivity index (χ2v) is 5.91. The minimum atomic E-state index is -0.110. The van der Waals surface area contributed by atoms with Gasteiger partial charge in [0.25, 0.3) is 5.91 Å². The Morgan fingerprint density at radius 1 is 0.920 bits per heavy atom. The molecule has 0 spiro atoms. The fourth-order valence-corrected chi connectivity index (χ4v) is 2.57. The molecule has 3 heteroatoms. The molecule has 0 saturated carbocycles. The van der Waals surface area contributed by atoms with E-state index < -0.39 is 0 Å². The maximum absolute atomic E-state index is 12.5. The van der Waals surface area contributed by atoms with Crippen LogP contribution in [0.3, 0.4) is 0 Å². The third-order valence-electron chi connectivity index (χ3n) is 3.99. The standard InChI is InChI=1S/C22H21NO2/c1-17(19-11-6-3-7-12-19)23-22(24)20-13-8-14-21(15-20)25-16-18-9-4-2-5-10-18/h2-15,17H,16H2,1H3,(H,23,24)/t17-/m1/s1. The number of rotatable bonds is 6. The van der Waals surface area contributed by atoms with Crippen molar-refractivity contribution in [1.82, 2.24) is 5.32 Å². The van der Waals surface area contributed by atoms with E-state index in [1.807, 2.05) is 79.7 Å². The van der Waals surface area contributed by atoms with Crippen LogP contribution in [0.25, 0.3) is 0 Å². The van der Waals surface area contributed by atoms with Gasteiger partial charge >= 0.3 is 0 Å². The highest BCUT2D eigenvalue weighted by Crippen LogP contribution is 2.17. The van der Waals surface area contributed by atoms with Crippen molar-refractivity contribution in [2.45, 2.75) is 19.6 Å². The Morgan fingerprint density at radius 2 is 1.60 bits per heavy atom. The third kappa shape index (κ3) is 4.70. The summed E-state index contributed by atoms with van der Waals surface area (Å²) in [7, 11) is 0. The zero-order chi connectivity index (χ0) is 17.5. The predicted octanol–water partition coefficient (Wildman–Crippen LogP) is 4.76. The molecule has 126 valence electrons. The van der Waals surface area contributed by atoms with Crippen LogP contribution in [-0.2, 0) is 6.61 Å². The molecule has 0 radical (unpaired) electrons. The summed E-state index contributed by atoms with van der Waals surface area (Å²) in [6, 6.07) is 27.1. The van der Waals surface area contributed by atoms with Crippen molar-refractivity contribution >= 4 is 5.91 Å². The van der Waals surface area contributed by atoms with E-state index in [2.05, 4.69) is 5.32 Å². The number of benzene rings is 3. The van der Waals surface area contributed by atoms with Crippen molar-refractivity contribution in [2.75, 3.05) is 0 Å². The van der Waals surface area contributed by atoms with Crippen LogP contribution in [0.5, 0.6) is 5.75 Å². The van der Waals surface area contributed by atoms with Gasteiger partial charge in [-0.1, -0.05) is 66.7 Å². The Balaban J connectivity index is 1.63. The second kappa shape index (κ2) is 8.15. The predicted molar refractivity (Wildman–Crippen MR) is 99.5 cm³/mol. The molecule has 0 fully saturated rings. The Morgan fingerprint density at radius 3 is 2.32 bits per heavy atom. The summed E-state index contributed by atoms with van der Waals surface area (Å²) in [5.74, 6) is 0.574. The molecule has 0 aliphatic heterocycles. The van der Waals surface area contributed by atoms with Gasteiger partial charge in [0.1, 0.15) is 12.4 Å². The number of carbonyl (C=O) groups is 1.